The van der Waals surface area contributed by atoms with Crippen LogP contribution in [0.25, 0.3) is 0 Å². The third kappa shape index (κ3) is 7.56. The van der Waals surface area contributed by atoms with Gasteiger partial charge in [-0.3, -0.25) is 19.4 Å². The number of ether oxygens (including phenoxy) is 1. The highest BCUT2D eigenvalue weighted by Crippen LogP contribution is 2.15. The molecule has 27 heavy (non-hydrogen) atoms. The summed E-state index contributed by atoms with van der Waals surface area (Å²) in [5.41, 5.74) is 1.04. The molecule has 0 bridgehead atoms. The number of hydrogen-bond acceptors (Lipinski definition) is 5. The number of nitrogens with one attached hydrogen (secondary N) is 1. The van der Waals surface area contributed by atoms with Crippen molar-refractivity contribution >= 4 is 11.9 Å². The molecule has 7 heteroatoms. The molecule has 0 radical (unpaired) electrons. The van der Waals surface area contributed by atoms with E-state index in [-0.39, 0.29) is 18.5 Å². The molecule has 1 saturated heterocycles. The van der Waals surface area contributed by atoms with Crippen molar-refractivity contribution in [2.75, 3.05) is 39.8 Å². The van der Waals surface area contributed by atoms with Crippen molar-refractivity contribution in [3.8, 4) is 5.75 Å². The molecule has 7 nitrogen and oxygen atoms in total. The fourth-order valence-corrected chi connectivity index (χ4v) is 3.24. The maximum atomic E-state index is 12.2. The number of hydrogen-bond donors (Lipinski definition) is 2. The first-order valence-electron chi connectivity index (χ1n) is 9.60. The summed E-state index contributed by atoms with van der Waals surface area (Å²) >= 11 is 0. The number of nitrogens with zero attached hydrogens (tertiary/aromatic N) is 2. The van der Waals surface area contributed by atoms with E-state index in [0.717, 1.165) is 43.7 Å². The molecule has 1 heterocycles. The molecular formula is C20H31N3O4. The van der Waals surface area contributed by atoms with Gasteiger partial charge in [-0.2, -0.15) is 0 Å². The number of likely N-dealkylation sites (tertiary alicyclic amines) is 1. The van der Waals surface area contributed by atoms with Crippen LogP contribution >= 0.6 is 0 Å². The van der Waals surface area contributed by atoms with Crippen LogP contribution in [0.2, 0.25) is 0 Å². The molecule has 0 aromatic heterocycles. The average molecular weight is 377 g/mol. The lowest BCUT2D eigenvalue weighted by molar-refractivity contribution is -0.138. The second-order valence-corrected chi connectivity index (χ2v) is 7.09. The van der Waals surface area contributed by atoms with Crippen LogP contribution in [0.15, 0.2) is 24.3 Å². The lowest BCUT2D eigenvalue weighted by Crippen LogP contribution is -2.47. The number of carbonyl (C=O) groups excluding carboxylic acids is 1. The van der Waals surface area contributed by atoms with Crippen molar-refractivity contribution in [3.63, 3.8) is 0 Å². The van der Waals surface area contributed by atoms with Gasteiger partial charge in [0.1, 0.15) is 5.75 Å². The molecule has 0 spiro atoms. The fourth-order valence-electron chi connectivity index (χ4n) is 3.24. The van der Waals surface area contributed by atoms with E-state index < -0.39 is 5.97 Å². The summed E-state index contributed by atoms with van der Waals surface area (Å²) < 4.78 is 5.55. The molecule has 0 saturated carbocycles. The van der Waals surface area contributed by atoms with E-state index in [1.54, 1.807) is 0 Å². The van der Waals surface area contributed by atoms with Crippen molar-refractivity contribution in [2.45, 2.75) is 38.8 Å². The van der Waals surface area contributed by atoms with Crippen LogP contribution in [0.5, 0.6) is 5.75 Å². The number of piperidine rings is 1. The van der Waals surface area contributed by atoms with E-state index in [0.29, 0.717) is 19.7 Å². The van der Waals surface area contributed by atoms with Crippen LogP contribution in [0, 0.1) is 0 Å². The number of likely N-dealkylation sites (N-methyl/N-ethyl adjacent to an activating group) is 1. The van der Waals surface area contributed by atoms with Gasteiger partial charge in [0.05, 0.1) is 19.7 Å². The lowest BCUT2D eigenvalue weighted by Gasteiger charge is -2.35. The van der Waals surface area contributed by atoms with Gasteiger partial charge in [-0.15, -0.1) is 0 Å². The van der Waals surface area contributed by atoms with Crippen LogP contribution < -0.4 is 10.1 Å². The number of carbonyl (C=O) groups is 2. The van der Waals surface area contributed by atoms with Crippen molar-refractivity contribution < 1.29 is 19.4 Å². The van der Waals surface area contributed by atoms with Crippen molar-refractivity contribution in [1.82, 2.24) is 15.1 Å². The van der Waals surface area contributed by atoms with E-state index in [4.69, 9.17) is 9.84 Å². The van der Waals surface area contributed by atoms with Gasteiger partial charge in [-0.25, -0.2) is 0 Å². The SMILES string of the molecule is CCCOc1ccc(CNC(=O)CN2CCC(N(C)CC(=O)O)CC2)cc1. The zero-order valence-corrected chi connectivity index (χ0v) is 16.3. The maximum Gasteiger partial charge on any atom is 0.317 e. The summed E-state index contributed by atoms with van der Waals surface area (Å²) in [7, 11) is 1.85. The first kappa shape index (κ1) is 21.2. The molecule has 0 aliphatic carbocycles. The number of rotatable bonds is 10. The summed E-state index contributed by atoms with van der Waals surface area (Å²) in [6.07, 6.45) is 2.75. The molecule has 0 unspecified atom stereocenters. The molecule has 1 fully saturated rings. The number of benzene rings is 1. The Bertz CT molecular complexity index is 598. The molecule has 150 valence electrons. The third-order valence-corrected chi connectivity index (χ3v) is 4.82. The zero-order chi connectivity index (χ0) is 19.6. The summed E-state index contributed by atoms with van der Waals surface area (Å²) in [4.78, 5) is 27.0. The minimum Gasteiger partial charge on any atom is -0.494 e. The first-order chi connectivity index (χ1) is 13.0. The van der Waals surface area contributed by atoms with Crippen molar-refractivity contribution in [3.05, 3.63) is 29.8 Å². The normalized spacial score (nSPS) is 15.7. The zero-order valence-electron chi connectivity index (χ0n) is 16.3. The van der Waals surface area contributed by atoms with E-state index >= 15 is 0 Å². The molecule has 1 amide bonds. The van der Waals surface area contributed by atoms with Gasteiger partial charge in [0.15, 0.2) is 0 Å². The maximum absolute atomic E-state index is 12.2. The van der Waals surface area contributed by atoms with Gasteiger partial charge in [0.25, 0.3) is 0 Å². The molecular weight excluding hydrogens is 346 g/mol. The number of carboxylic acids is 1. The smallest absolute Gasteiger partial charge is 0.317 e. The monoisotopic (exact) mass is 377 g/mol. The Morgan fingerprint density at radius 3 is 2.52 bits per heavy atom. The largest absolute Gasteiger partial charge is 0.494 e. The minimum absolute atomic E-state index is 0.0126. The van der Waals surface area contributed by atoms with Crippen LogP contribution in [0.1, 0.15) is 31.7 Å². The molecule has 1 aliphatic heterocycles. The van der Waals surface area contributed by atoms with Crippen LogP contribution in [0.4, 0.5) is 0 Å². The molecule has 1 aliphatic rings. The Balaban J connectivity index is 1.67. The fraction of sp³-hybridized carbons (Fsp3) is 0.600. The molecule has 0 atom stereocenters. The second kappa shape index (κ2) is 10.9. The highest BCUT2D eigenvalue weighted by Gasteiger charge is 2.24. The topological polar surface area (TPSA) is 82.1 Å². The Kier molecular flexibility index (Phi) is 8.54. The summed E-state index contributed by atoms with van der Waals surface area (Å²) in [6.45, 7) is 5.35. The van der Waals surface area contributed by atoms with Crippen LogP contribution in [-0.2, 0) is 16.1 Å². The first-order valence-corrected chi connectivity index (χ1v) is 9.60. The van der Waals surface area contributed by atoms with Gasteiger partial charge in [-0.05, 0) is 44.0 Å². The summed E-state index contributed by atoms with van der Waals surface area (Å²) in [6, 6.07) is 8.06. The quantitative estimate of drug-likeness (QED) is 0.644. The molecule has 2 rings (SSSR count). The highest BCUT2D eigenvalue weighted by molar-refractivity contribution is 5.78. The number of carboxylic acid groups (broad SMARTS) is 1. The standard InChI is InChI=1S/C20H31N3O4/c1-3-12-27-18-6-4-16(5-7-18)13-21-19(24)14-23-10-8-17(9-11-23)22(2)15-20(25)26/h4-7,17H,3,8-15H2,1-2H3,(H,21,24)(H,25,26). The minimum atomic E-state index is -0.802. The predicted molar refractivity (Wildman–Crippen MR) is 104 cm³/mol. The van der Waals surface area contributed by atoms with Crippen LogP contribution in [-0.4, -0.2) is 72.7 Å². The Morgan fingerprint density at radius 2 is 1.93 bits per heavy atom. The van der Waals surface area contributed by atoms with E-state index in [2.05, 4.69) is 17.1 Å². The van der Waals surface area contributed by atoms with E-state index in [1.807, 2.05) is 36.2 Å². The van der Waals surface area contributed by atoms with Gasteiger partial charge in [0.2, 0.25) is 5.91 Å². The van der Waals surface area contributed by atoms with Crippen molar-refractivity contribution in [2.24, 2.45) is 0 Å². The summed E-state index contributed by atoms with van der Waals surface area (Å²) in [5.74, 6) is 0.0607. The Labute approximate surface area is 161 Å². The second-order valence-electron chi connectivity index (χ2n) is 7.09. The highest BCUT2D eigenvalue weighted by atomic mass is 16.5. The van der Waals surface area contributed by atoms with E-state index in [1.165, 1.54) is 0 Å². The third-order valence-electron chi connectivity index (χ3n) is 4.82. The van der Waals surface area contributed by atoms with Crippen molar-refractivity contribution in [1.29, 1.82) is 0 Å². The van der Waals surface area contributed by atoms with Gasteiger partial charge in [-0.1, -0.05) is 19.1 Å². The predicted octanol–water partition coefficient (Wildman–Crippen LogP) is 1.57. The summed E-state index contributed by atoms with van der Waals surface area (Å²) in [5, 5.41) is 11.8. The number of aliphatic carboxylic acids is 1. The lowest BCUT2D eigenvalue weighted by atomic mass is 10.0. The average Bonchev–Trinajstić information content (AvgIpc) is 2.65. The van der Waals surface area contributed by atoms with Gasteiger partial charge >= 0.3 is 5.97 Å². The van der Waals surface area contributed by atoms with Crippen LogP contribution in [0.3, 0.4) is 0 Å². The molecule has 1 aromatic rings. The van der Waals surface area contributed by atoms with E-state index in [9.17, 15) is 9.59 Å². The Morgan fingerprint density at radius 1 is 1.26 bits per heavy atom. The Hall–Kier alpha value is -2.12. The number of amides is 1. The molecule has 2 N–H and O–H groups in total. The molecule has 1 aromatic carbocycles. The van der Waals surface area contributed by atoms with Gasteiger partial charge < -0.3 is 15.2 Å². The van der Waals surface area contributed by atoms with Gasteiger partial charge in [0, 0.05) is 25.7 Å².